The molecular formula is C13H17BrFNO. The zero-order valence-electron chi connectivity index (χ0n) is 10.1. The number of hydrogen-bond acceptors (Lipinski definition) is 1. The highest BCUT2D eigenvalue weighted by atomic mass is 79.9. The van der Waals surface area contributed by atoms with Crippen molar-refractivity contribution in [2.45, 2.75) is 31.5 Å². The normalized spacial score (nSPS) is 12.2. The Hall–Kier alpha value is -0.900. The summed E-state index contributed by atoms with van der Waals surface area (Å²) in [4.78, 5) is 12.1. The fraction of sp³-hybridized carbons (Fsp3) is 0.462. The number of rotatable bonds is 5. The van der Waals surface area contributed by atoms with E-state index in [1.807, 2.05) is 0 Å². The van der Waals surface area contributed by atoms with E-state index in [4.69, 9.17) is 0 Å². The van der Waals surface area contributed by atoms with Crippen LogP contribution in [0.25, 0.3) is 0 Å². The van der Waals surface area contributed by atoms with E-state index in [2.05, 4.69) is 28.2 Å². The van der Waals surface area contributed by atoms with Crippen molar-refractivity contribution >= 4 is 21.8 Å². The predicted octanol–water partition coefficient (Wildman–Crippen LogP) is 3.43. The van der Waals surface area contributed by atoms with Gasteiger partial charge in [0.25, 0.3) is 5.91 Å². The van der Waals surface area contributed by atoms with Crippen molar-refractivity contribution < 1.29 is 9.18 Å². The highest BCUT2D eigenvalue weighted by Crippen LogP contribution is 2.12. The Labute approximate surface area is 110 Å². The van der Waals surface area contributed by atoms with Crippen molar-refractivity contribution in [2.24, 2.45) is 0 Å². The van der Waals surface area contributed by atoms with Crippen LogP contribution in [-0.4, -0.2) is 17.3 Å². The molecule has 1 aromatic carbocycles. The highest BCUT2D eigenvalue weighted by Gasteiger charge is 2.12. The monoisotopic (exact) mass is 301 g/mol. The van der Waals surface area contributed by atoms with Crippen LogP contribution in [0.15, 0.2) is 18.2 Å². The molecule has 2 nitrogen and oxygen atoms in total. The van der Waals surface area contributed by atoms with Gasteiger partial charge in [-0.1, -0.05) is 35.0 Å². The summed E-state index contributed by atoms with van der Waals surface area (Å²) in [5.41, 5.74) is 0.609. The fourth-order valence-corrected chi connectivity index (χ4v) is 1.69. The van der Waals surface area contributed by atoms with Crippen LogP contribution in [-0.2, 0) is 0 Å². The van der Waals surface area contributed by atoms with Gasteiger partial charge in [0.2, 0.25) is 0 Å². The predicted molar refractivity (Wildman–Crippen MR) is 71.1 cm³/mol. The van der Waals surface area contributed by atoms with Crippen LogP contribution in [0.4, 0.5) is 4.39 Å². The number of benzene rings is 1. The molecule has 1 N–H and O–H groups in total. The number of nitrogens with one attached hydrogen (secondary N) is 1. The summed E-state index contributed by atoms with van der Waals surface area (Å²) in [5.74, 6) is -0.780. The third-order valence-corrected chi connectivity index (χ3v) is 3.73. The molecule has 4 heteroatoms. The van der Waals surface area contributed by atoms with Crippen molar-refractivity contribution in [1.82, 2.24) is 5.32 Å². The maximum absolute atomic E-state index is 13.6. The van der Waals surface area contributed by atoms with Crippen molar-refractivity contribution in [1.29, 1.82) is 0 Å². The van der Waals surface area contributed by atoms with Crippen LogP contribution in [0.5, 0.6) is 0 Å². The number of carbonyl (C=O) groups is 1. The summed E-state index contributed by atoms with van der Waals surface area (Å²) < 4.78 is 13.6. The van der Waals surface area contributed by atoms with Crippen LogP contribution >= 0.6 is 15.9 Å². The minimum Gasteiger partial charge on any atom is -0.352 e. The SMILES string of the molecule is CCC(Br)CCNC(=O)c1cccc(C)c1F. The van der Waals surface area contributed by atoms with Gasteiger partial charge in [-0.3, -0.25) is 4.79 Å². The lowest BCUT2D eigenvalue weighted by Crippen LogP contribution is -2.27. The topological polar surface area (TPSA) is 29.1 Å². The van der Waals surface area contributed by atoms with Crippen LogP contribution in [0.2, 0.25) is 0 Å². The number of amides is 1. The standard InChI is InChI=1S/C13H17BrFNO/c1-3-10(14)7-8-16-13(17)11-6-4-5-9(2)12(11)15/h4-6,10H,3,7-8H2,1-2H3,(H,16,17). The first kappa shape index (κ1) is 14.2. The molecule has 0 aliphatic rings. The number of hydrogen-bond donors (Lipinski definition) is 1. The second kappa shape index (κ2) is 6.74. The van der Waals surface area contributed by atoms with Gasteiger partial charge in [-0.05, 0) is 31.4 Å². The average molecular weight is 302 g/mol. The zero-order valence-corrected chi connectivity index (χ0v) is 11.7. The van der Waals surface area contributed by atoms with E-state index in [1.165, 1.54) is 6.07 Å². The van der Waals surface area contributed by atoms with Crippen molar-refractivity contribution in [2.75, 3.05) is 6.54 Å². The lowest BCUT2D eigenvalue weighted by Gasteiger charge is -2.09. The van der Waals surface area contributed by atoms with E-state index in [0.29, 0.717) is 16.9 Å². The first-order valence-corrected chi connectivity index (χ1v) is 6.65. The van der Waals surface area contributed by atoms with Crippen molar-refractivity contribution in [3.05, 3.63) is 35.1 Å². The van der Waals surface area contributed by atoms with Crippen molar-refractivity contribution in [3.8, 4) is 0 Å². The Morgan fingerprint density at radius 2 is 2.24 bits per heavy atom. The summed E-state index contributed by atoms with van der Waals surface area (Å²) in [6.45, 7) is 4.27. The van der Waals surface area contributed by atoms with Crippen molar-refractivity contribution in [3.63, 3.8) is 0 Å². The second-order valence-corrected chi connectivity index (χ2v) is 5.28. The molecule has 0 saturated heterocycles. The Morgan fingerprint density at radius 1 is 1.53 bits per heavy atom. The molecule has 0 aromatic heterocycles. The summed E-state index contributed by atoms with van der Waals surface area (Å²) in [6, 6.07) is 4.84. The minimum atomic E-state index is -0.434. The Morgan fingerprint density at radius 3 is 2.88 bits per heavy atom. The second-order valence-electron chi connectivity index (χ2n) is 3.99. The third kappa shape index (κ3) is 4.11. The molecule has 0 radical (unpaired) electrons. The average Bonchev–Trinajstić information content (AvgIpc) is 2.32. The van der Waals surface area contributed by atoms with Gasteiger partial charge in [0.1, 0.15) is 5.82 Å². The molecule has 1 amide bonds. The maximum atomic E-state index is 13.6. The lowest BCUT2D eigenvalue weighted by molar-refractivity contribution is 0.0949. The summed E-state index contributed by atoms with van der Waals surface area (Å²) >= 11 is 3.48. The molecule has 1 unspecified atom stereocenters. The molecular weight excluding hydrogens is 285 g/mol. The molecule has 0 spiro atoms. The molecule has 0 aliphatic carbocycles. The molecule has 17 heavy (non-hydrogen) atoms. The zero-order chi connectivity index (χ0) is 12.8. The van der Waals surface area contributed by atoms with Gasteiger partial charge in [0, 0.05) is 11.4 Å². The van der Waals surface area contributed by atoms with E-state index in [0.717, 1.165) is 12.8 Å². The summed E-state index contributed by atoms with van der Waals surface area (Å²) in [5, 5.41) is 2.72. The number of carbonyl (C=O) groups excluding carboxylic acids is 1. The number of aryl methyl sites for hydroxylation is 1. The van der Waals surface area contributed by atoms with E-state index in [1.54, 1.807) is 19.1 Å². The molecule has 94 valence electrons. The molecule has 1 rings (SSSR count). The van der Waals surface area contributed by atoms with Gasteiger partial charge in [0.05, 0.1) is 5.56 Å². The van der Waals surface area contributed by atoms with Gasteiger partial charge < -0.3 is 5.32 Å². The van der Waals surface area contributed by atoms with Crippen LogP contribution in [0, 0.1) is 12.7 Å². The Balaban J connectivity index is 2.56. The molecule has 1 aromatic rings. The summed E-state index contributed by atoms with van der Waals surface area (Å²) in [6.07, 6.45) is 1.85. The number of halogens is 2. The first-order valence-electron chi connectivity index (χ1n) is 5.73. The minimum absolute atomic E-state index is 0.118. The molecule has 0 fully saturated rings. The lowest BCUT2D eigenvalue weighted by atomic mass is 10.1. The maximum Gasteiger partial charge on any atom is 0.254 e. The van der Waals surface area contributed by atoms with Crippen LogP contribution < -0.4 is 5.32 Å². The van der Waals surface area contributed by atoms with E-state index in [9.17, 15) is 9.18 Å². The number of alkyl halides is 1. The van der Waals surface area contributed by atoms with E-state index < -0.39 is 5.82 Å². The smallest absolute Gasteiger partial charge is 0.254 e. The molecule has 0 heterocycles. The van der Waals surface area contributed by atoms with Crippen LogP contribution in [0.3, 0.4) is 0 Å². The first-order chi connectivity index (χ1) is 8.06. The molecule has 0 bridgehead atoms. The Kier molecular flexibility index (Phi) is 5.62. The Bertz CT molecular complexity index is 395. The van der Waals surface area contributed by atoms with Crippen LogP contribution in [0.1, 0.15) is 35.7 Å². The molecule has 0 saturated carbocycles. The van der Waals surface area contributed by atoms with E-state index in [-0.39, 0.29) is 11.5 Å². The summed E-state index contributed by atoms with van der Waals surface area (Å²) in [7, 11) is 0. The highest BCUT2D eigenvalue weighted by molar-refractivity contribution is 9.09. The van der Waals surface area contributed by atoms with Gasteiger partial charge in [-0.25, -0.2) is 4.39 Å². The van der Waals surface area contributed by atoms with E-state index >= 15 is 0 Å². The fourth-order valence-electron chi connectivity index (χ4n) is 1.46. The van der Waals surface area contributed by atoms with Gasteiger partial charge in [-0.2, -0.15) is 0 Å². The largest absolute Gasteiger partial charge is 0.352 e. The third-order valence-electron chi connectivity index (χ3n) is 2.62. The quantitative estimate of drug-likeness (QED) is 0.830. The van der Waals surface area contributed by atoms with Gasteiger partial charge in [0.15, 0.2) is 0 Å². The van der Waals surface area contributed by atoms with Gasteiger partial charge >= 0.3 is 0 Å². The van der Waals surface area contributed by atoms with Gasteiger partial charge in [-0.15, -0.1) is 0 Å². The molecule has 0 aliphatic heterocycles. The molecule has 1 atom stereocenters.